The molecule has 1 amide bonds. The van der Waals surface area contributed by atoms with Gasteiger partial charge >= 0.3 is 0 Å². The van der Waals surface area contributed by atoms with E-state index in [-0.39, 0.29) is 11.9 Å². The molecule has 1 unspecified atom stereocenters. The highest BCUT2D eigenvalue weighted by molar-refractivity contribution is 5.95. The predicted octanol–water partition coefficient (Wildman–Crippen LogP) is 2.29. The van der Waals surface area contributed by atoms with Gasteiger partial charge in [0, 0.05) is 17.4 Å². The highest BCUT2D eigenvalue weighted by Gasteiger charge is 2.18. The van der Waals surface area contributed by atoms with Crippen molar-refractivity contribution in [3.05, 3.63) is 35.9 Å². The van der Waals surface area contributed by atoms with Crippen molar-refractivity contribution in [3.8, 4) is 5.75 Å². The molecule has 1 heterocycles. The van der Waals surface area contributed by atoms with Crippen molar-refractivity contribution in [1.82, 2.24) is 9.55 Å². The Labute approximate surface area is 123 Å². The summed E-state index contributed by atoms with van der Waals surface area (Å²) >= 11 is 0. The van der Waals surface area contributed by atoms with E-state index in [0.29, 0.717) is 17.1 Å². The molecule has 0 aliphatic rings. The number of imidazole rings is 1. The second-order valence-corrected chi connectivity index (χ2v) is 4.95. The van der Waals surface area contributed by atoms with E-state index in [2.05, 4.69) is 10.3 Å². The van der Waals surface area contributed by atoms with Crippen LogP contribution in [0.1, 0.15) is 24.4 Å². The first-order chi connectivity index (χ1) is 9.93. The molecule has 6 nitrogen and oxygen atoms in total. The molecule has 0 bridgehead atoms. The molecular weight excluding hydrogens is 268 g/mol. The summed E-state index contributed by atoms with van der Waals surface area (Å²) in [4.78, 5) is 16.6. The Balaban J connectivity index is 2.20. The van der Waals surface area contributed by atoms with E-state index in [4.69, 9.17) is 10.5 Å². The van der Waals surface area contributed by atoms with E-state index in [1.807, 2.05) is 25.3 Å². The molecule has 0 fully saturated rings. The number of rotatable bonds is 4. The van der Waals surface area contributed by atoms with Crippen LogP contribution in [-0.2, 0) is 4.79 Å². The van der Waals surface area contributed by atoms with E-state index in [1.54, 1.807) is 24.5 Å². The van der Waals surface area contributed by atoms with Gasteiger partial charge in [-0.05, 0) is 32.9 Å². The number of carbonyl (C=O) groups excluding carboxylic acids is 1. The van der Waals surface area contributed by atoms with Gasteiger partial charge in [-0.2, -0.15) is 0 Å². The molecule has 112 valence electrons. The van der Waals surface area contributed by atoms with Crippen LogP contribution < -0.4 is 15.8 Å². The van der Waals surface area contributed by atoms with Gasteiger partial charge in [0.2, 0.25) is 5.91 Å². The molecule has 0 radical (unpaired) electrons. The highest BCUT2D eigenvalue weighted by atomic mass is 16.5. The summed E-state index contributed by atoms with van der Waals surface area (Å²) in [6, 6.07) is 4.75. The maximum absolute atomic E-state index is 12.4. The number of hydrogen-bond acceptors (Lipinski definition) is 4. The molecule has 1 aromatic heterocycles. The van der Waals surface area contributed by atoms with Crippen molar-refractivity contribution in [1.29, 1.82) is 0 Å². The number of amides is 1. The van der Waals surface area contributed by atoms with E-state index < -0.39 is 0 Å². The van der Waals surface area contributed by atoms with Crippen molar-refractivity contribution in [3.63, 3.8) is 0 Å². The van der Waals surface area contributed by atoms with Gasteiger partial charge in [-0.3, -0.25) is 4.79 Å². The molecule has 3 N–H and O–H groups in total. The molecule has 0 spiro atoms. The Morgan fingerprint density at radius 2 is 2.14 bits per heavy atom. The normalized spacial score (nSPS) is 12.0. The molecule has 0 aliphatic heterocycles. The Kier molecular flexibility index (Phi) is 4.16. The average Bonchev–Trinajstić information content (AvgIpc) is 2.80. The molecule has 0 saturated heterocycles. The van der Waals surface area contributed by atoms with Gasteiger partial charge < -0.3 is 20.4 Å². The lowest BCUT2D eigenvalue weighted by Crippen LogP contribution is -2.24. The fourth-order valence-corrected chi connectivity index (χ4v) is 2.08. The van der Waals surface area contributed by atoms with Crippen LogP contribution in [0.15, 0.2) is 24.5 Å². The zero-order valence-electron chi connectivity index (χ0n) is 12.7. The second kappa shape index (κ2) is 5.87. The zero-order chi connectivity index (χ0) is 15.6. The van der Waals surface area contributed by atoms with Gasteiger partial charge in [0.25, 0.3) is 0 Å². The third-order valence-electron chi connectivity index (χ3n) is 3.57. The third-order valence-corrected chi connectivity index (χ3v) is 3.57. The summed E-state index contributed by atoms with van der Waals surface area (Å²) < 4.78 is 7.07. The van der Waals surface area contributed by atoms with Crippen LogP contribution >= 0.6 is 0 Å². The number of nitrogens with one attached hydrogen (secondary N) is 1. The smallest absolute Gasteiger partial charge is 0.247 e. The molecule has 0 saturated carbocycles. The number of anilines is 2. The minimum Gasteiger partial charge on any atom is -0.494 e. The number of hydrogen-bond donors (Lipinski definition) is 2. The molecule has 0 aliphatic carbocycles. The van der Waals surface area contributed by atoms with Crippen molar-refractivity contribution in [2.45, 2.75) is 26.8 Å². The van der Waals surface area contributed by atoms with Crippen LogP contribution in [0.5, 0.6) is 5.75 Å². The monoisotopic (exact) mass is 288 g/mol. The summed E-state index contributed by atoms with van der Waals surface area (Å²) in [5.74, 6) is 0.396. The largest absolute Gasteiger partial charge is 0.494 e. The lowest BCUT2D eigenvalue weighted by Gasteiger charge is -2.17. The summed E-state index contributed by atoms with van der Waals surface area (Å²) in [6.07, 6.45) is 1.68. The molecular formula is C15H20N4O2. The molecule has 21 heavy (non-hydrogen) atoms. The van der Waals surface area contributed by atoms with Crippen LogP contribution in [0.4, 0.5) is 11.4 Å². The summed E-state index contributed by atoms with van der Waals surface area (Å²) in [6.45, 7) is 5.68. The van der Waals surface area contributed by atoms with Crippen LogP contribution in [0.25, 0.3) is 0 Å². The van der Waals surface area contributed by atoms with Crippen LogP contribution in [0.3, 0.4) is 0 Å². The lowest BCUT2D eigenvalue weighted by atomic mass is 10.2. The van der Waals surface area contributed by atoms with Crippen molar-refractivity contribution in [2.75, 3.05) is 18.2 Å². The van der Waals surface area contributed by atoms with Gasteiger partial charge in [-0.25, -0.2) is 4.98 Å². The second-order valence-electron chi connectivity index (χ2n) is 4.95. The summed E-state index contributed by atoms with van der Waals surface area (Å²) in [5.41, 5.74) is 8.77. The van der Waals surface area contributed by atoms with Crippen LogP contribution in [-0.4, -0.2) is 22.6 Å². The van der Waals surface area contributed by atoms with E-state index in [1.165, 1.54) is 7.11 Å². The van der Waals surface area contributed by atoms with Crippen molar-refractivity contribution in [2.24, 2.45) is 0 Å². The fraction of sp³-hybridized carbons (Fsp3) is 0.333. The number of benzene rings is 1. The van der Waals surface area contributed by atoms with Crippen LogP contribution in [0.2, 0.25) is 0 Å². The van der Waals surface area contributed by atoms with Gasteiger partial charge in [-0.1, -0.05) is 0 Å². The topological polar surface area (TPSA) is 82.2 Å². The van der Waals surface area contributed by atoms with Crippen molar-refractivity contribution < 1.29 is 9.53 Å². The number of aromatic nitrogens is 2. The number of ether oxygens (including phenoxy) is 1. The van der Waals surface area contributed by atoms with Crippen LogP contribution in [0, 0.1) is 13.8 Å². The molecule has 1 atom stereocenters. The Hall–Kier alpha value is -2.50. The maximum Gasteiger partial charge on any atom is 0.247 e. The number of carbonyl (C=O) groups is 1. The first kappa shape index (κ1) is 14.9. The number of nitrogens with zero attached hydrogens (tertiary/aromatic N) is 2. The first-order valence-electron chi connectivity index (χ1n) is 6.68. The van der Waals surface area contributed by atoms with Gasteiger partial charge in [0.05, 0.1) is 24.8 Å². The molecule has 2 rings (SSSR count). The predicted molar refractivity (Wildman–Crippen MR) is 82.4 cm³/mol. The first-order valence-corrected chi connectivity index (χ1v) is 6.68. The minimum absolute atomic E-state index is 0.140. The summed E-state index contributed by atoms with van der Waals surface area (Å²) in [7, 11) is 1.54. The fourth-order valence-electron chi connectivity index (χ4n) is 2.08. The SMILES string of the molecule is COc1cc(N)ccc1NC(=O)C(C)n1cnc(C)c1C. The third kappa shape index (κ3) is 2.99. The molecule has 1 aromatic carbocycles. The highest BCUT2D eigenvalue weighted by Crippen LogP contribution is 2.27. The van der Waals surface area contributed by atoms with Gasteiger partial charge in [0.15, 0.2) is 0 Å². The number of nitrogen functional groups attached to an aromatic ring is 1. The van der Waals surface area contributed by atoms with Gasteiger partial charge in [-0.15, -0.1) is 0 Å². The minimum atomic E-state index is -0.367. The molecule has 6 heteroatoms. The van der Waals surface area contributed by atoms with E-state index >= 15 is 0 Å². The van der Waals surface area contributed by atoms with Crippen molar-refractivity contribution >= 4 is 17.3 Å². The number of nitrogens with two attached hydrogens (primary N) is 1. The Morgan fingerprint density at radius 1 is 1.43 bits per heavy atom. The van der Waals surface area contributed by atoms with E-state index in [9.17, 15) is 4.79 Å². The maximum atomic E-state index is 12.4. The van der Waals surface area contributed by atoms with E-state index in [0.717, 1.165) is 11.4 Å². The number of methoxy groups -OCH3 is 1. The van der Waals surface area contributed by atoms with Gasteiger partial charge in [0.1, 0.15) is 11.8 Å². The molecule has 2 aromatic rings. The quantitative estimate of drug-likeness (QED) is 0.846. The number of aryl methyl sites for hydroxylation is 1. The lowest BCUT2D eigenvalue weighted by molar-refractivity contribution is -0.118. The Morgan fingerprint density at radius 3 is 2.71 bits per heavy atom. The Bertz CT molecular complexity index is 664. The zero-order valence-corrected chi connectivity index (χ0v) is 12.7. The standard InChI is InChI=1S/C15H20N4O2/c1-9-10(2)19(8-17-9)11(3)15(20)18-13-6-5-12(16)7-14(13)21-4/h5-8,11H,16H2,1-4H3,(H,18,20). The summed E-state index contributed by atoms with van der Waals surface area (Å²) in [5, 5.41) is 2.86. The average molecular weight is 288 g/mol.